The van der Waals surface area contributed by atoms with Crippen LogP contribution in [0.2, 0.25) is 0 Å². The van der Waals surface area contributed by atoms with Crippen LogP contribution in [0.15, 0.2) is 36.1 Å². The number of allylic oxidation sites excluding steroid dienone is 4. The Kier molecular flexibility index (Phi) is 3.99. The van der Waals surface area contributed by atoms with Crippen molar-refractivity contribution in [1.82, 2.24) is 0 Å². The number of hydrogen-bond donors (Lipinski definition) is 1. The van der Waals surface area contributed by atoms with Crippen LogP contribution in [0.1, 0.15) is 33.1 Å². The molecule has 1 rings (SSSR count). The van der Waals surface area contributed by atoms with E-state index in [9.17, 15) is 0 Å². The third kappa shape index (κ3) is 2.76. The highest BCUT2D eigenvalue weighted by Gasteiger charge is 2.21. The largest absolute Gasteiger partial charge is 0.405 e. The molecule has 0 aliphatic heterocycles. The molecule has 0 aromatic heterocycles. The van der Waals surface area contributed by atoms with Crippen molar-refractivity contribution in [3.63, 3.8) is 0 Å². The Morgan fingerprint density at radius 1 is 1.50 bits per heavy atom. The van der Waals surface area contributed by atoms with E-state index in [2.05, 4.69) is 26.5 Å². The monoisotopic (exact) mass is 191 g/mol. The maximum atomic E-state index is 5.33. The van der Waals surface area contributed by atoms with Crippen molar-refractivity contribution in [1.29, 1.82) is 0 Å². The minimum Gasteiger partial charge on any atom is -0.405 e. The summed E-state index contributed by atoms with van der Waals surface area (Å²) in [6.07, 6.45) is 9.20. The first-order valence-electron chi connectivity index (χ1n) is 5.40. The molecule has 78 valence electrons. The van der Waals surface area contributed by atoms with E-state index in [1.54, 1.807) is 6.20 Å². The molecule has 14 heavy (non-hydrogen) atoms. The van der Waals surface area contributed by atoms with Gasteiger partial charge in [-0.1, -0.05) is 32.1 Å². The summed E-state index contributed by atoms with van der Waals surface area (Å²) >= 11 is 0. The number of nitrogens with two attached hydrogens (primary N) is 1. The third-order valence-corrected chi connectivity index (χ3v) is 3.10. The molecule has 1 saturated carbocycles. The van der Waals surface area contributed by atoms with Crippen LogP contribution in [0, 0.1) is 11.8 Å². The van der Waals surface area contributed by atoms with Crippen molar-refractivity contribution in [2.75, 3.05) is 0 Å². The summed E-state index contributed by atoms with van der Waals surface area (Å²) in [4.78, 5) is 0. The molecule has 1 unspecified atom stereocenters. The van der Waals surface area contributed by atoms with Gasteiger partial charge in [-0.2, -0.15) is 0 Å². The van der Waals surface area contributed by atoms with Gasteiger partial charge < -0.3 is 5.73 Å². The van der Waals surface area contributed by atoms with Gasteiger partial charge in [-0.15, -0.1) is 0 Å². The van der Waals surface area contributed by atoms with E-state index < -0.39 is 0 Å². The zero-order valence-electron chi connectivity index (χ0n) is 9.29. The van der Waals surface area contributed by atoms with Gasteiger partial charge in [0.25, 0.3) is 0 Å². The first kappa shape index (κ1) is 11.1. The zero-order chi connectivity index (χ0) is 10.6. The molecule has 0 amide bonds. The smallest absolute Gasteiger partial charge is 0.00623 e. The zero-order valence-corrected chi connectivity index (χ0v) is 9.29. The third-order valence-electron chi connectivity index (χ3n) is 3.10. The Morgan fingerprint density at radius 3 is 2.79 bits per heavy atom. The number of hydrogen-bond acceptors (Lipinski definition) is 1. The molecule has 1 atom stereocenters. The standard InChI is InChI=1S/C13H21N/c1-10(2)12-7-6-11(3)13(9-12)5-4-8-14/h4-5,8,10,12H,3,6-7,9,14H2,1-2H3/b8-4-,13-5-. The van der Waals surface area contributed by atoms with Crippen molar-refractivity contribution in [2.45, 2.75) is 33.1 Å². The summed E-state index contributed by atoms with van der Waals surface area (Å²) in [7, 11) is 0. The van der Waals surface area contributed by atoms with Crippen molar-refractivity contribution >= 4 is 0 Å². The molecule has 0 radical (unpaired) electrons. The Bertz CT molecular complexity index is 258. The minimum absolute atomic E-state index is 0.772. The fourth-order valence-corrected chi connectivity index (χ4v) is 1.98. The molecule has 1 aliphatic rings. The highest BCUT2D eigenvalue weighted by molar-refractivity contribution is 5.33. The SMILES string of the molecule is C=C1CCC(C(C)C)C/C1=C/C=C\N. The van der Waals surface area contributed by atoms with Crippen molar-refractivity contribution in [3.05, 3.63) is 36.1 Å². The predicted molar refractivity (Wildman–Crippen MR) is 62.7 cm³/mol. The Balaban J connectivity index is 2.69. The van der Waals surface area contributed by atoms with Gasteiger partial charge in [-0.25, -0.2) is 0 Å². The Hall–Kier alpha value is -0.980. The molecule has 0 saturated heterocycles. The van der Waals surface area contributed by atoms with Gasteiger partial charge in [0.15, 0.2) is 0 Å². The quantitative estimate of drug-likeness (QED) is 0.711. The highest BCUT2D eigenvalue weighted by atomic mass is 14.5. The first-order chi connectivity index (χ1) is 6.65. The van der Waals surface area contributed by atoms with Crippen molar-refractivity contribution < 1.29 is 0 Å². The van der Waals surface area contributed by atoms with Gasteiger partial charge in [-0.3, -0.25) is 0 Å². The van der Waals surface area contributed by atoms with Crippen LogP contribution in [-0.2, 0) is 0 Å². The minimum atomic E-state index is 0.772. The summed E-state index contributed by atoms with van der Waals surface area (Å²) in [6.45, 7) is 8.70. The van der Waals surface area contributed by atoms with Gasteiger partial charge in [0, 0.05) is 0 Å². The molecule has 1 nitrogen and oxygen atoms in total. The summed E-state index contributed by atoms with van der Waals surface area (Å²) in [5, 5.41) is 0. The summed E-state index contributed by atoms with van der Waals surface area (Å²) in [5.74, 6) is 1.59. The lowest BCUT2D eigenvalue weighted by Crippen LogP contribution is -2.15. The van der Waals surface area contributed by atoms with E-state index in [1.807, 2.05) is 6.08 Å². The second-order valence-electron chi connectivity index (χ2n) is 4.43. The molecule has 1 fully saturated rings. The van der Waals surface area contributed by atoms with E-state index in [0.29, 0.717) is 0 Å². The van der Waals surface area contributed by atoms with Gasteiger partial charge in [-0.05, 0) is 48.9 Å². The molecule has 0 spiro atoms. The topological polar surface area (TPSA) is 26.0 Å². The summed E-state index contributed by atoms with van der Waals surface area (Å²) < 4.78 is 0. The Labute approximate surface area is 87.4 Å². The molecule has 0 bridgehead atoms. The highest BCUT2D eigenvalue weighted by Crippen LogP contribution is 2.35. The lowest BCUT2D eigenvalue weighted by atomic mass is 9.77. The van der Waals surface area contributed by atoms with E-state index in [1.165, 1.54) is 24.0 Å². The van der Waals surface area contributed by atoms with Crippen LogP contribution in [-0.4, -0.2) is 0 Å². The fraction of sp³-hybridized carbons (Fsp3) is 0.538. The molecule has 1 heteroatoms. The maximum absolute atomic E-state index is 5.33. The van der Waals surface area contributed by atoms with Gasteiger partial charge in [0.05, 0.1) is 0 Å². The predicted octanol–water partition coefficient (Wildman–Crippen LogP) is 3.40. The van der Waals surface area contributed by atoms with Gasteiger partial charge in [0.1, 0.15) is 0 Å². The van der Waals surface area contributed by atoms with Gasteiger partial charge >= 0.3 is 0 Å². The molecule has 0 aromatic rings. The first-order valence-corrected chi connectivity index (χ1v) is 5.40. The van der Waals surface area contributed by atoms with E-state index in [0.717, 1.165) is 18.3 Å². The van der Waals surface area contributed by atoms with Crippen LogP contribution < -0.4 is 5.73 Å². The summed E-state index contributed by atoms with van der Waals surface area (Å²) in [6, 6.07) is 0. The molecular formula is C13H21N. The normalized spacial score (nSPS) is 26.6. The summed E-state index contributed by atoms with van der Waals surface area (Å²) in [5.41, 5.74) is 8.01. The Morgan fingerprint density at radius 2 is 2.21 bits per heavy atom. The van der Waals surface area contributed by atoms with E-state index >= 15 is 0 Å². The van der Waals surface area contributed by atoms with E-state index in [4.69, 9.17) is 5.73 Å². The van der Waals surface area contributed by atoms with Gasteiger partial charge in [0.2, 0.25) is 0 Å². The number of rotatable bonds is 2. The fourth-order valence-electron chi connectivity index (χ4n) is 1.98. The molecule has 1 aliphatic carbocycles. The average molecular weight is 191 g/mol. The van der Waals surface area contributed by atoms with Crippen LogP contribution >= 0.6 is 0 Å². The molecular weight excluding hydrogens is 170 g/mol. The lowest BCUT2D eigenvalue weighted by molar-refractivity contribution is 0.341. The van der Waals surface area contributed by atoms with Crippen LogP contribution in [0.3, 0.4) is 0 Å². The average Bonchev–Trinajstić information content (AvgIpc) is 2.16. The van der Waals surface area contributed by atoms with Crippen molar-refractivity contribution in [2.24, 2.45) is 17.6 Å². The van der Waals surface area contributed by atoms with Crippen LogP contribution in [0.4, 0.5) is 0 Å². The van der Waals surface area contributed by atoms with Crippen LogP contribution in [0.25, 0.3) is 0 Å². The van der Waals surface area contributed by atoms with E-state index in [-0.39, 0.29) is 0 Å². The molecule has 0 heterocycles. The molecule has 0 aromatic carbocycles. The molecule has 2 N–H and O–H groups in total. The second kappa shape index (κ2) is 5.04. The maximum Gasteiger partial charge on any atom is -0.00623 e. The second-order valence-corrected chi connectivity index (χ2v) is 4.43. The van der Waals surface area contributed by atoms with Crippen molar-refractivity contribution in [3.8, 4) is 0 Å². The van der Waals surface area contributed by atoms with Crippen LogP contribution in [0.5, 0.6) is 0 Å². The lowest BCUT2D eigenvalue weighted by Gasteiger charge is -2.28.